The van der Waals surface area contributed by atoms with E-state index in [2.05, 4.69) is 52.9 Å². The zero-order valence-corrected chi connectivity index (χ0v) is 20.5. The zero-order chi connectivity index (χ0) is 22.1. The summed E-state index contributed by atoms with van der Waals surface area (Å²) < 4.78 is 0. The fourth-order valence-electron chi connectivity index (χ4n) is 8.31. The smallest absolute Gasteiger partial charge is 0.211 e. The van der Waals surface area contributed by atoms with E-state index in [9.17, 15) is 4.79 Å². The van der Waals surface area contributed by atoms with Gasteiger partial charge < -0.3 is 11.1 Å². The highest BCUT2D eigenvalue weighted by Crippen LogP contribution is 2.66. The van der Waals surface area contributed by atoms with Gasteiger partial charge in [-0.2, -0.15) is 0 Å². The highest BCUT2D eigenvalue weighted by Gasteiger charge is 2.60. The van der Waals surface area contributed by atoms with Gasteiger partial charge in [0.25, 0.3) is 0 Å². The molecule has 0 saturated heterocycles. The first-order chi connectivity index (χ1) is 14.2. The molecule has 1 amide bonds. The number of amides is 1. The molecule has 2 fully saturated rings. The fraction of sp³-hybridized carbons (Fsp3) is 0.889. The molecular formula is C27H48N2O. The van der Waals surface area contributed by atoms with Crippen LogP contribution in [0.3, 0.4) is 0 Å². The highest BCUT2D eigenvalue weighted by molar-refractivity contribution is 5.51. The summed E-state index contributed by atoms with van der Waals surface area (Å²) in [5.74, 6) is 4.36. The van der Waals surface area contributed by atoms with Crippen LogP contribution >= 0.6 is 0 Å². The summed E-state index contributed by atoms with van der Waals surface area (Å²) in [4.78, 5) is 11.3. The van der Waals surface area contributed by atoms with E-state index in [4.69, 9.17) is 5.73 Å². The van der Waals surface area contributed by atoms with E-state index in [1.54, 1.807) is 0 Å². The van der Waals surface area contributed by atoms with Gasteiger partial charge in [-0.1, -0.05) is 67.2 Å². The summed E-state index contributed by atoms with van der Waals surface area (Å²) in [5.41, 5.74) is 8.43. The Bertz CT molecular complexity index is 628. The van der Waals surface area contributed by atoms with Crippen molar-refractivity contribution in [3.05, 3.63) is 11.8 Å². The predicted molar refractivity (Wildman–Crippen MR) is 127 cm³/mol. The summed E-state index contributed by atoms with van der Waals surface area (Å²) >= 11 is 0. The molecule has 8 atom stereocenters. The van der Waals surface area contributed by atoms with E-state index < -0.39 is 0 Å². The minimum absolute atomic E-state index is 0.0541. The standard InChI is InChI=1S/C27H48N2O/c1-7-14-27(6)22-13-15-26(5)20(19(4)10-8-9-18(2)3)11-12-21(26)25(22)23(28)16-24(27)29-17-30/h16-23,25H,7-15,28H2,1-6H3,(H,29,30). The van der Waals surface area contributed by atoms with E-state index >= 15 is 0 Å². The number of nitrogens with two attached hydrogens (primary N) is 1. The summed E-state index contributed by atoms with van der Waals surface area (Å²) in [6.07, 6.45) is 14.8. The lowest BCUT2D eigenvalue weighted by Gasteiger charge is -2.58. The molecule has 0 aliphatic heterocycles. The van der Waals surface area contributed by atoms with Crippen molar-refractivity contribution >= 4 is 6.41 Å². The van der Waals surface area contributed by atoms with Gasteiger partial charge >= 0.3 is 0 Å². The quantitative estimate of drug-likeness (QED) is 0.434. The SMILES string of the molecule is CCCC1(C)C(NC=O)=CC(N)C2C1CCC1(C)C(C(C)CCCC(C)C)CCC21. The number of rotatable bonds is 9. The Hall–Kier alpha value is -0.830. The maximum Gasteiger partial charge on any atom is 0.211 e. The number of carbonyl (C=O) groups is 1. The van der Waals surface area contributed by atoms with E-state index in [0.29, 0.717) is 17.3 Å². The Morgan fingerprint density at radius 1 is 1.17 bits per heavy atom. The third kappa shape index (κ3) is 4.12. The van der Waals surface area contributed by atoms with Crippen LogP contribution in [0, 0.1) is 46.3 Å². The van der Waals surface area contributed by atoms with Crippen LogP contribution in [-0.4, -0.2) is 12.5 Å². The molecule has 0 bridgehead atoms. The molecule has 0 radical (unpaired) electrons. The number of hydrogen-bond donors (Lipinski definition) is 2. The lowest BCUT2D eigenvalue weighted by atomic mass is 9.48. The van der Waals surface area contributed by atoms with Crippen molar-refractivity contribution < 1.29 is 4.79 Å². The monoisotopic (exact) mass is 416 g/mol. The van der Waals surface area contributed by atoms with Crippen LogP contribution in [0.4, 0.5) is 0 Å². The first-order valence-corrected chi connectivity index (χ1v) is 12.9. The Balaban J connectivity index is 1.83. The molecule has 3 N–H and O–H groups in total. The van der Waals surface area contributed by atoms with Gasteiger partial charge in [-0.15, -0.1) is 0 Å². The molecule has 0 aromatic carbocycles. The van der Waals surface area contributed by atoms with Crippen molar-refractivity contribution in [1.82, 2.24) is 5.32 Å². The van der Waals surface area contributed by atoms with E-state index in [-0.39, 0.29) is 11.5 Å². The van der Waals surface area contributed by atoms with Crippen LogP contribution in [0.25, 0.3) is 0 Å². The molecule has 30 heavy (non-hydrogen) atoms. The number of allylic oxidation sites excluding steroid dienone is 1. The van der Waals surface area contributed by atoms with Gasteiger partial charge in [-0.3, -0.25) is 4.79 Å². The molecule has 0 aromatic heterocycles. The van der Waals surface area contributed by atoms with E-state index in [0.717, 1.165) is 48.6 Å². The molecule has 8 unspecified atom stereocenters. The molecule has 3 aliphatic carbocycles. The molecule has 0 heterocycles. The molecule has 0 aromatic rings. The van der Waals surface area contributed by atoms with Crippen LogP contribution < -0.4 is 11.1 Å². The lowest BCUT2D eigenvalue weighted by molar-refractivity contribution is -0.110. The van der Waals surface area contributed by atoms with Crippen LogP contribution in [0.15, 0.2) is 11.8 Å². The molecule has 3 heteroatoms. The van der Waals surface area contributed by atoms with E-state index in [1.807, 2.05) is 0 Å². The first kappa shape index (κ1) is 23.8. The zero-order valence-electron chi connectivity index (χ0n) is 20.5. The normalized spacial score (nSPS) is 41.7. The lowest BCUT2D eigenvalue weighted by Crippen LogP contribution is -2.57. The summed E-state index contributed by atoms with van der Waals surface area (Å²) in [6, 6.07) is 0.0713. The van der Waals surface area contributed by atoms with Crippen LogP contribution in [-0.2, 0) is 4.79 Å². The van der Waals surface area contributed by atoms with Crippen LogP contribution in [0.5, 0.6) is 0 Å². The van der Waals surface area contributed by atoms with Crippen molar-refractivity contribution in [2.24, 2.45) is 52.1 Å². The maximum absolute atomic E-state index is 11.3. The summed E-state index contributed by atoms with van der Waals surface area (Å²) in [7, 11) is 0. The first-order valence-electron chi connectivity index (χ1n) is 12.9. The van der Waals surface area contributed by atoms with Crippen LogP contribution in [0.2, 0.25) is 0 Å². The number of hydrogen-bond acceptors (Lipinski definition) is 2. The molecule has 0 spiro atoms. The number of carbonyl (C=O) groups excluding carboxylic acids is 1. The molecule has 172 valence electrons. The largest absolute Gasteiger partial charge is 0.332 e. The topological polar surface area (TPSA) is 55.1 Å². The van der Waals surface area contributed by atoms with Gasteiger partial charge in [-0.25, -0.2) is 0 Å². The molecular weight excluding hydrogens is 368 g/mol. The average Bonchev–Trinajstić information content (AvgIpc) is 3.02. The van der Waals surface area contributed by atoms with Crippen molar-refractivity contribution in [2.45, 2.75) is 105 Å². The van der Waals surface area contributed by atoms with E-state index in [1.165, 1.54) is 44.9 Å². The second-order valence-corrected chi connectivity index (χ2v) is 11.9. The number of nitrogens with one attached hydrogen (secondary N) is 1. The van der Waals surface area contributed by atoms with Crippen LogP contribution in [0.1, 0.15) is 99.3 Å². The van der Waals surface area contributed by atoms with Gasteiger partial charge in [0.2, 0.25) is 6.41 Å². The van der Waals surface area contributed by atoms with Gasteiger partial charge in [0, 0.05) is 17.2 Å². The second kappa shape index (κ2) is 9.35. The number of fused-ring (bicyclic) bond motifs is 3. The predicted octanol–water partition coefficient (Wildman–Crippen LogP) is 6.28. The fourth-order valence-corrected chi connectivity index (χ4v) is 8.31. The average molecular weight is 417 g/mol. The Morgan fingerprint density at radius 2 is 1.90 bits per heavy atom. The summed E-state index contributed by atoms with van der Waals surface area (Å²) in [6.45, 7) is 14.5. The third-order valence-corrected chi connectivity index (χ3v) is 9.75. The highest BCUT2D eigenvalue weighted by atomic mass is 16.1. The Morgan fingerprint density at radius 3 is 2.53 bits per heavy atom. The third-order valence-electron chi connectivity index (χ3n) is 9.75. The minimum atomic E-state index is 0.0541. The molecule has 3 rings (SSSR count). The second-order valence-electron chi connectivity index (χ2n) is 11.9. The summed E-state index contributed by atoms with van der Waals surface area (Å²) in [5, 5.41) is 3.05. The Kier molecular flexibility index (Phi) is 7.42. The van der Waals surface area contributed by atoms with Gasteiger partial charge in [-0.05, 0) is 79.1 Å². The van der Waals surface area contributed by atoms with Crippen molar-refractivity contribution in [3.8, 4) is 0 Å². The molecule has 2 saturated carbocycles. The van der Waals surface area contributed by atoms with Crippen molar-refractivity contribution in [1.29, 1.82) is 0 Å². The van der Waals surface area contributed by atoms with Gasteiger partial charge in [0.15, 0.2) is 0 Å². The minimum Gasteiger partial charge on any atom is -0.332 e. The van der Waals surface area contributed by atoms with Gasteiger partial charge in [0.05, 0.1) is 0 Å². The van der Waals surface area contributed by atoms with Gasteiger partial charge in [0.1, 0.15) is 0 Å². The Labute approximate surface area is 186 Å². The van der Waals surface area contributed by atoms with Crippen molar-refractivity contribution in [2.75, 3.05) is 0 Å². The maximum atomic E-state index is 11.3. The molecule has 3 aliphatic rings. The molecule has 3 nitrogen and oxygen atoms in total. The van der Waals surface area contributed by atoms with Crippen molar-refractivity contribution in [3.63, 3.8) is 0 Å².